The average Bonchev–Trinajstić information content (AvgIpc) is 3.79. The summed E-state index contributed by atoms with van der Waals surface area (Å²) in [6.45, 7) is 0. The van der Waals surface area contributed by atoms with Gasteiger partial charge in [0.25, 0.3) is 0 Å². The number of rotatable bonds is 6. The Morgan fingerprint density at radius 1 is 0.286 bits per heavy atom. The predicted molar refractivity (Wildman–Crippen MR) is 230 cm³/mol. The molecular weight excluding hydrogens is 683 g/mol. The third kappa shape index (κ3) is 5.21. The minimum Gasteiger partial charge on any atom is -0.309 e. The van der Waals surface area contributed by atoms with Crippen molar-refractivity contribution in [3.8, 4) is 56.7 Å². The second-order valence-electron chi connectivity index (χ2n) is 14.1. The number of aromatic nitrogens is 5. The number of fused-ring (bicyclic) bond motifs is 6. The van der Waals surface area contributed by atoms with Gasteiger partial charge in [-0.1, -0.05) is 152 Å². The molecular formula is C51H33N5. The maximum absolute atomic E-state index is 5.17. The van der Waals surface area contributed by atoms with Crippen LogP contribution in [-0.2, 0) is 0 Å². The van der Waals surface area contributed by atoms with Crippen molar-refractivity contribution in [2.24, 2.45) is 0 Å². The highest BCUT2D eigenvalue weighted by molar-refractivity contribution is 6.13. The third-order valence-electron chi connectivity index (χ3n) is 10.8. The Morgan fingerprint density at radius 3 is 1.43 bits per heavy atom. The minimum absolute atomic E-state index is 0.614. The van der Waals surface area contributed by atoms with E-state index >= 15 is 0 Å². The molecule has 5 heteroatoms. The number of nitrogens with zero attached hydrogens (tertiary/aromatic N) is 5. The summed E-state index contributed by atoms with van der Waals surface area (Å²) in [6.07, 6.45) is 0. The summed E-state index contributed by atoms with van der Waals surface area (Å²) < 4.78 is 4.78. The molecule has 0 radical (unpaired) electrons. The van der Waals surface area contributed by atoms with E-state index < -0.39 is 0 Å². The lowest BCUT2D eigenvalue weighted by atomic mass is 10.0. The molecule has 0 atom stereocenters. The quantitative estimate of drug-likeness (QED) is 0.172. The molecule has 8 aromatic carbocycles. The Kier molecular flexibility index (Phi) is 7.42. The molecule has 0 aliphatic heterocycles. The number of hydrogen-bond donors (Lipinski definition) is 0. The Labute approximate surface area is 323 Å². The first-order valence-electron chi connectivity index (χ1n) is 18.9. The molecule has 0 bridgehead atoms. The molecule has 0 aliphatic carbocycles. The van der Waals surface area contributed by atoms with E-state index in [1.165, 1.54) is 43.7 Å². The van der Waals surface area contributed by atoms with Crippen molar-refractivity contribution in [3.63, 3.8) is 0 Å². The highest BCUT2D eigenvalue weighted by Gasteiger charge is 2.21. The highest BCUT2D eigenvalue weighted by atomic mass is 15.1. The van der Waals surface area contributed by atoms with Crippen molar-refractivity contribution in [3.05, 3.63) is 200 Å². The first-order chi connectivity index (χ1) is 27.8. The van der Waals surface area contributed by atoms with Crippen LogP contribution < -0.4 is 0 Å². The van der Waals surface area contributed by atoms with Crippen molar-refractivity contribution in [1.82, 2.24) is 24.1 Å². The zero-order valence-electron chi connectivity index (χ0n) is 30.3. The first-order valence-corrected chi connectivity index (χ1v) is 18.9. The minimum atomic E-state index is 0.614. The molecule has 3 heterocycles. The van der Waals surface area contributed by atoms with E-state index in [9.17, 15) is 0 Å². The summed E-state index contributed by atoms with van der Waals surface area (Å²) in [7, 11) is 0. The van der Waals surface area contributed by atoms with Gasteiger partial charge in [0.1, 0.15) is 0 Å². The van der Waals surface area contributed by atoms with Crippen LogP contribution in [0.15, 0.2) is 200 Å². The van der Waals surface area contributed by atoms with Crippen LogP contribution in [0.2, 0.25) is 0 Å². The maximum atomic E-state index is 5.17. The third-order valence-corrected chi connectivity index (χ3v) is 10.8. The highest BCUT2D eigenvalue weighted by Crippen LogP contribution is 2.40. The normalized spacial score (nSPS) is 11.6. The molecule has 11 rings (SSSR count). The average molecular weight is 716 g/mol. The first kappa shape index (κ1) is 31.9. The Hall–Kier alpha value is -7.63. The second-order valence-corrected chi connectivity index (χ2v) is 14.1. The summed E-state index contributed by atoms with van der Waals surface area (Å²) in [6, 6.07) is 70.4. The fraction of sp³-hybridized carbons (Fsp3) is 0. The van der Waals surface area contributed by atoms with Crippen molar-refractivity contribution >= 4 is 43.6 Å². The number of benzene rings is 8. The van der Waals surface area contributed by atoms with Crippen molar-refractivity contribution in [1.29, 1.82) is 0 Å². The monoisotopic (exact) mass is 715 g/mol. The SMILES string of the molecule is c1ccc(-c2ccc3c(c2)c2ccc(-n4c5ccccc5c5ccccc54)cc2n3-c2ccccc2-c2nc(-c3ccccc3)nc(-c3ccccc3)n2)cc1. The second kappa shape index (κ2) is 13.0. The Morgan fingerprint density at radius 2 is 0.786 bits per heavy atom. The van der Waals surface area contributed by atoms with Gasteiger partial charge in [-0.05, 0) is 59.7 Å². The lowest BCUT2D eigenvalue weighted by Gasteiger charge is -2.15. The summed E-state index contributed by atoms with van der Waals surface area (Å²) in [5.41, 5.74) is 11.8. The van der Waals surface area contributed by atoms with Gasteiger partial charge in [-0.15, -0.1) is 0 Å². The maximum Gasteiger partial charge on any atom is 0.166 e. The van der Waals surface area contributed by atoms with Gasteiger partial charge >= 0.3 is 0 Å². The fourth-order valence-corrected chi connectivity index (χ4v) is 8.21. The van der Waals surface area contributed by atoms with E-state index in [1.54, 1.807) is 0 Å². The largest absolute Gasteiger partial charge is 0.309 e. The van der Waals surface area contributed by atoms with Gasteiger partial charge in [0.2, 0.25) is 0 Å². The van der Waals surface area contributed by atoms with E-state index in [4.69, 9.17) is 15.0 Å². The lowest BCUT2D eigenvalue weighted by Crippen LogP contribution is -2.03. The van der Waals surface area contributed by atoms with Crippen LogP contribution >= 0.6 is 0 Å². The number of hydrogen-bond acceptors (Lipinski definition) is 3. The van der Waals surface area contributed by atoms with Crippen LogP contribution in [0, 0.1) is 0 Å². The van der Waals surface area contributed by atoms with E-state index in [2.05, 4.69) is 149 Å². The molecule has 0 spiro atoms. The molecule has 56 heavy (non-hydrogen) atoms. The fourth-order valence-electron chi connectivity index (χ4n) is 8.21. The summed E-state index contributed by atoms with van der Waals surface area (Å²) in [5.74, 6) is 1.88. The van der Waals surface area contributed by atoms with Gasteiger partial charge in [0, 0.05) is 43.9 Å². The van der Waals surface area contributed by atoms with E-state index in [0.29, 0.717) is 17.5 Å². The molecule has 0 saturated heterocycles. The van der Waals surface area contributed by atoms with Gasteiger partial charge in [-0.25, -0.2) is 15.0 Å². The van der Waals surface area contributed by atoms with Crippen LogP contribution in [0.1, 0.15) is 0 Å². The molecule has 11 aromatic rings. The standard InChI is InChI=1S/C51H33N5/c1-4-16-34(17-5-1)37-28-31-47-43(32-37)41-30-29-38(55-44-25-13-10-22-39(44)40-23-11-14-26-45(40)55)33-48(41)56(47)46-27-15-12-24-42(46)51-53-49(35-18-6-2-7-19-35)52-50(54-51)36-20-8-3-9-21-36/h1-33H. The Balaban J connectivity index is 1.20. The lowest BCUT2D eigenvalue weighted by molar-refractivity contribution is 1.06. The number of para-hydroxylation sites is 3. The van der Waals surface area contributed by atoms with Crippen molar-refractivity contribution in [2.75, 3.05) is 0 Å². The molecule has 0 amide bonds. The van der Waals surface area contributed by atoms with Crippen molar-refractivity contribution < 1.29 is 0 Å². The van der Waals surface area contributed by atoms with Crippen LogP contribution in [0.25, 0.3) is 100 Å². The summed E-state index contributed by atoms with van der Waals surface area (Å²) in [4.78, 5) is 15.3. The molecule has 0 fully saturated rings. The van der Waals surface area contributed by atoms with Crippen LogP contribution in [0.5, 0.6) is 0 Å². The molecule has 5 nitrogen and oxygen atoms in total. The van der Waals surface area contributed by atoms with Gasteiger partial charge in [0.05, 0.1) is 27.8 Å². The van der Waals surface area contributed by atoms with Gasteiger partial charge in [-0.3, -0.25) is 0 Å². The van der Waals surface area contributed by atoms with E-state index in [-0.39, 0.29) is 0 Å². The molecule has 0 unspecified atom stereocenters. The van der Waals surface area contributed by atoms with E-state index in [0.717, 1.165) is 39.1 Å². The van der Waals surface area contributed by atoms with Crippen LogP contribution in [0.3, 0.4) is 0 Å². The van der Waals surface area contributed by atoms with Gasteiger partial charge in [-0.2, -0.15) is 0 Å². The predicted octanol–water partition coefficient (Wildman–Crippen LogP) is 12.7. The molecule has 0 aliphatic rings. The van der Waals surface area contributed by atoms with Gasteiger partial charge < -0.3 is 9.13 Å². The van der Waals surface area contributed by atoms with Gasteiger partial charge in [0.15, 0.2) is 17.5 Å². The zero-order chi connectivity index (χ0) is 37.0. The van der Waals surface area contributed by atoms with Crippen LogP contribution in [0.4, 0.5) is 0 Å². The topological polar surface area (TPSA) is 48.5 Å². The summed E-state index contributed by atoms with van der Waals surface area (Å²) >= 11 is 0. The molecule has 0 saturated carbocycles. The summed E-state index contributed by atoms with van der Waals surface area (Å²) in [5, 5.41) is 4.82. The van der Waals surface area contributed by atoms with Crippen molar-refractivity contribution in [2.45, 2.75) is 0 Å². The Bertz CT molecular complexity index is 3120. The van der Waals surface area contributed by atoms with Crippen LogP contribution in [-0.4, -0.2) is 24.1 Å². The smallest absolute Gasteiger partial charge is 0.166 e. The molecule has 262 valence electrons. The molecule has 3 aromatic heterocycles. The zero-order valence-corrected chi connectivity index (χ0v) is 30.3. The molecule has 0 N–H and O–H groups in total. The van der Waals surface area contributed by atoms with E-state index in [1.807, 2.05) is 60.7 Å².